The lowest BCUT2D eigenvalue weighted by Crippen LogP contribution is -3.14. The number of hydrogen-bond acceptors (Lipinski definition) is 6. The Morgan fingerprint density at radius 2 is 1.83 bits per heavy atom. The van der Waals surface area contributed by atoms with Crippen LogP contribution in [0.3, 0.4) is 0 Å². The maximum Gasteiger partial charge on any atom is 0.295 e. The molecule has 1 aromatic heterocycles. The van der Waals surface area contributed by atoms with Gasteiger partial charge in [-0.25, -0.2) is 0 Å². The molecular formula is C27H33N3O5. The number of carbonyl (C=O) groups excluding carboxylic acids is 2. The van der Waals surface area contributed by atoms with E-state index in [1.807, 2.05) is 0 Å². The van der Waals surface area contributed by atoms with Crippen molar-refractivity contribution in [2.75, 3.05) is 46.0 Å². The van der Waals surface area contributed by atoms with Gasteiger partial charge in [0.2, 0.25) is 5.78 Å². The van der Waals surface area contributed by atoms with E-state index in [1.54, 1.807) is 53.7 Å². The first-order chi connectivity index (χ1) is 17.1. The van der Waals surface area contributed by atoms with Crippen molar-refractivity contribution in [3.8, 4) is 5.75 Å². The Morgan fingerprint density at radius 3 is 2.51 bits per heavy atom. The molecule has 1 unspecified atom stereocenters. The van der Waals surface area contributed by atoms with Crippen molar-refractivity contribution in [2.45, 2.75) is 32.2 Å². The molecule has 3 heterocycles. The maximum absolute atomic E-state index is 13.5. The summed E-state index contributed by atoms with van der Waals surface area (Å²) in [5.41, 5.74) is 1.07. The topological polar surface area (TPSA) is 96.2 Å². The van der Waals surface area contributed by atoms with Gasteiger partial charge in [-0.1, -0.05) is 31.2 Å². The Balaban J connectivity index is 1.58. The summed E-state index contributed by atoms with van der Waals surface area (Å²) < 4.78 is 11.1. The van der Waals surface area contributed by atoms with Gasteiger partial charge in [0.15, 0.2) is 0 Å². The third-order valence-electron chi connectivity index (χ3n) is 6.56. The summed E-state index contributed by atoms with van der Waals surface area (Å²) in [6.45, 7) is 7.35. The van der Waals surface area contributed by atoms with Crippen molar-refractivity contribution >= 4 is 17.4 Å². The molecule has 0 radical (unpaired) electrons. The summed E-state index contributed by atoms with van der Waals surface area (Å²) in [4.78, 5) is 33.2. The number of amides is 1. The number of Topliss-reactive ketones (excluding diaryl/α,β-unsaturated/α-hetero) is 1. The zero-order chi connectivity index (χ0) is 24.6. The lowest BCUT2D eigenvalue weighted by molar-refractivity contribution is -0.908. The van der Waals surface area contributed by atoms with Crippen LogP contribution in [0.2, 0.25) is 0 Å². The predicted octanol–water partition coefficient (Wildman–Crippen LogP) is 0.790. The smallest absolute Gasteiger partial charge is 0.295 e. The molecule has 8 heteroatoms. The van der Waals surface area contributed by atoms with Gasteiger partial charge < -0.3 is 24.4 Å². The zero-order valence-corrected chi connectivity index (χ0v) is 20.2. The molecule has 0 spiro atoms. The molecule has 8 nitrogen and oxygen atoms in total. The van der Waals surface area contributed by atoms with Gasteiger partial charge in [0.25, 0.3) is 5.91 Å². The highest BCUT2D eigenvalue weighted by atomic mass is 16.5. The molecule has 1 atom stereocenters. The van der Waals surface area contributed by atoms with Crippen LogP contribution < -0.4 is 14.7 Å². The van der Waals surface area contributed by atoms with Crippen molar-refractivity contribution in [2.24, 2.45) is 0 Å². The van der Waals surface area contributed by atoms with Crippen LogP contribution in [0.5, 0.6) is 5.75 Å². The van der Waals surface area contributed by atoms with Crippen molar-refractivity contribution in [3.05, 3.63) is 65.5 Å². The third-order valence-corrected chi connectivity index (χ3v) is 6.56. The van der Waals surface area contributed by atoms with Crippen LogP contribution in [0.4, 0.5) is 0 Å². The minimum Gasteiger partial charge on any atom is -0.872 e. The Bertz CT molecular complexity index is 1030. The number of aromatic nitrogens is 1. The first-order valence-corrected chi connectivity index (χ1v) is 12.4. The molecule has 1 aromatic carbocycles. The van der Waals surface area contributed by atoms with E-state index in [0.717, 1.165) is 52.1 Å². The SMILES string of the molecule is CCCCOc1ccc(/C([O-])=C2\C(=O)C(=O)N(CCC[NH+]3CCOCC3)C2c2ccncc2)cc1. The fourth-order valence-electron chi connectivity index (χ4n) is 4.60. The van der Waals surface area contributed by atoms with Crippen molar-refractivity contribution in [1.82, 2.24) is 9.88 Å². The van der Waals surface area contributed by atoms with Gasteiger partial charge in [0.1, 0.15) is 18.8 Å². The number of unbranched alkanes of at least 4 members (excludes halogenated alkanes) is 1. The van der Waals surface area contributed by atoms with Gasteiger partial charge in [-0.2, -0.15) is 0 Å². The van der Waals surface area contributed by atoms with E-state index in [1.165, 1.54) is 4.90 Å². The van der Waals surface area contributed by atoms with E-state index in [2.05, 4.69) is 11.9 Å². The lowest BCUT2D eigenvalue weighted by atomic mass is 9.96. The van der Waals surface area contributed by atoms with E-state index >= 15 is 0 Å². The summed E-state index contributed by atoms with van der Waals surface area (Å²) >= 11 is 0. The molecule has 35 heavy (non-hydrogen) atoms. The standard InChI is InChI=1S/C27H33N3O5/c1-2-3-17-35-22-7-5-21(6-8-22)25(31)23-24(20-9-11-28-12-10-20)30(27(33)26(23)32)14-4-13-29-15-18-34-19-16-29/h5-12,24,31H,2-4,13-19H2,1H3/b25-23+. The van der Waals surface area contributed by atoms with Crippen LogP contribution in [-0.4, -0.2) is 67.6 Å². The van der Waals surface area contributed by atoms with Crippen LogP contribution >= 0.6 is 0 Å². The molecule has 1 N–H and O–H groups in total. The normalized spacial score (nSPS) is 20.4. The van der Waals surface area contributed by atoms with Crippen LogP contribution in [-0.2, 0) is 14.3 Å². The van der Waals surface area contributed by atoms with Gasteiger partial charge in [0, 0.05) is 30.9 Å². The molecule has 0 bridgehead atoms. The van der Waals surface area contributed by atoms with E-state index in [9.17, 15) is 14.7 Å². The van der Waals surface area contributed by atoms with Crippen LogP contribution in [0, 0.1) is 0 Å². The molecule has 0 saturated carbocycles. The number of nitrogens with zero attached hydrogens (tertiary/aromatic N) is 2. The average Bonchev–Trinajstić information content (AvgIpc) is 3.15. The number of ether oxygens (including phenoxy) is 2. The Labute approximate surface area is 206 Å². The molecule has 2 aliphatic heterocycles. The number of hydrogen-bond donors (Lipinski definition) is 1. The molecule has 2 fully saturated rings. The van der Waals surface area contributed by atoms with E-state index in [-0.39, 0.29) is 5.57 Å². The van der Waals surface area contributed by atoms with E-state index < -0.39 is 23.5 Å². The fraction of sp³-hybridized carbons (Fsp3) is 0.444. The van der Waals surface area contributed by atoms with E-state index in [4.69, 9.17) is 9.47 Å². The van der Waals surface area contributed by atoms with E-state index in [0.29, 0.717) is 30.0 Å². The second kappa shape index (κ2) is 12.0. The van der Waals surface area contributed by atoms with Gasteiger partial charge in [-0.15, -0.1) is 0 Å². The number of pyridine rings is 1. The maximum atomic E-state index is 13.5. The second-order valence-corrected chi connectivity index (χ2v) is 8.95. The Hall–Kier alpha value is -3.23. The Kier molecular flexibility index (Phi) is 8.50. The highest BCUT2D eigenvalue weighted by Crippen LogP contribution is 2.38. The summed E-state index contributed by atoms with van der Waals surface area (Å²) in [5.74, 6) is -1.09. The molecule has 2 aliphatic rings. The van der Waals surface area contributed by atoms with Crippen molar-refractivity contribution < 1.29 is 29.1 Å². The number of likely N-dealkylation sites (tertiary alicyclic amines) is 1. The summed E-state index contributed by atoms with van der Waals surface area (Å²) in [6, 6.07) is 9.57. The highest BCUT2D eigenvalue weighted by Gasteiger charge is 2.44. The molecule has 2 saturated heterocycles. The molecule has 1 amide bonds. The second-order valence-electron chi connectivity index (χ2n) is 8.95. The zero-order valence-electron chi connectivity index (χ0n) is 20.2. The van der Waals surface area contributed by atoms with Gasteiger partial charge in [0.05, 0.1) is 32.4 Å². The lowest BCUT2D eigenvalue weighted by Gasteiger charge is -2.28. The largest absolute Gasteiger partial charge is 0.872 e. The number of morpholine rings is 1. The van der Waals surface area contributed by atoms with Crippen LogP contribution in [0.1, 0.15) is 43.4 Å². The number of carbonyl (C=O) groups is 2. The molecule has 0 aliphatic carbocycles. The summed E-state index contributed by atoms with van der Waals surface area (Å²) in [5, 5.41) is 13.5. The molecule has 186 valence electrons. The van der Waals surface area contributed by atoms with Crippen molar-refractivity contribution in [3.63, 3.8) is 0 Å². The first kappa shape index (κ1) is 24.9. The van der Waals surface area contributed by atoms with Gasteiger partial charge in [-0.3, -0.25) is 14.6 Å². The number of rotatable bonds is 10. The first-order valence-electron chi connectivity index (χ1n) is 12.4. The molecule has 4 rings (SSSR count). The monoisotopic (exact) mass is 479 g/mol. The fourth-order valence-corrected chi connectivity index (χ4v) is 4.60. The molecular weight excluding hydrogens is 446 g/mol. The van der Waals surface area contributed by atoms with Gasteiger partial charge in [-0.05, 0) is 41.8 Å². The van der Waals surface area contributed by atoms with Crippen molar-refractivity contribution in [1.29, 1.82) is 0 Å². The van der Waals surface area contributed by atoms with Gasteiger partial charge >= 0.3 is 0 Å². The Morgan fingerprint density at radius 1 is 1.11 bits per heavy atom. The number of benzene rings is 1. The number of ketones is 1. The molecule has 2 aromatic rings. The minimum atomic E-state index is -0.723. The summed E-state index contributed by atoms with van der Waals surface area (Å²) in [7, 11) is 0. The highest BCUT2D eigenvalue weighted by molar-refractivity contribution is 6.46. The number of nitrogens with one attached hydrogen (secondary N) is 1. The van der Waals surface area contributed by atoms with Crippen LogP contribution in [0.15, 0.2) is 54.4 Å². The average molecular weight is 480 g/mol. The third kappa shape index (κ3) is 5.89. The summed E-state index contributed by atoms with van der Waals surface area (Å²) in [6.07, 6.45) is 5.95. The number of quaternary nitrogens is 1. The van der Waals surface area contributed by atoms with Crippen LogP contribution in [0.25, 0.3) is 5.76 Å². The minimum absolute atomic E-state index is 0.000397. The predicted molar refractivity (Wildman–Crippen MR) is 128 cm³/mol. The quantitative estimate of drug-likeness (QED) is 0.234.